The van der Waals surface area contributed by atoms with E-state index in [2.05, 4.69) is 18.3 Å². The fourth-order valence-electron chi connectivity index (χ4n) is 1.77. The third kappa shape index (κ3) is 4.37. The van der Waals surface area contributed by atoms with Crippen LogP contribution in [0.3, 0.4) is 0 Å². The van der Waals surface area contributed by atoms with Gasteiger partial charge in [-0.3, -0.25) is 4.79 Å². The lowest BCUT2D eigenvalue weighted by molar-refractivity contribution is -0.121. The van der Waals surface area contributed by atoms with Crippen LogP contribution in [0, 0.1) is 0 Å². The summed E-state index contributed by atoms with van der Waals surface area (Å²) in [6, 6.07) is 6.12. The van der Waals surface area contributed by atoms with Crippen LogP contribution in [0.2, 0.25) is 0 Å². The Kier molecular flexibility index (Phi) is 6.22. The fraction of sp³-hybridized carbons (Fsp3) is 0.500. The number of rotatable bonds is 7. The summed E-state index contributed by atoms with van der Waals surface area (Å²) in [7, 11) is 1.65. The molecule has 0 fully saturated rings. The van der Waals surface area contributed by atoms with Gasteiger partial charge in [-0.25, -0.2) is 0 Å². The van der Waals surface area contributed by atoms with Crippen LogP contribution >= 0.6 is 0 Å². The van der Waals surface area contributed by atoms with E-state index in [0.29, 0.717) is 6.54 Å². The summed E-state index contributed by atoms with van der Waals surface area (Å²) in [6.45, 7) is 2.55. The molecule has 0 bridgehead atoms. The Morgan fingerprint density at radius 2 is 2.22 bits per heavy atom. The van der Waals surface area contributed by atoms with E-state index < -0.39 is 0 Å². The second-order valence-corrected chi connectivity index (χ2v) is 4.07. The van der Waals surface area contributed by atoms with E-state index in [0.717, 1.165) is 24.2 Å². The zero-order chi connectivity index (χ0) is 13.4. The van der Waals surface area contributed by atoms with Crippen molar-refractivity contribution >= 4 is 5.91 Å². The van der Waals surface area contributed by atoms with Gasteiger partial charge in [0.15, 0.2) is 0 Å². The van der Waals surface area contributed by atoms with Crippen molar-refractivity contribution in [2.75, 3.05) is 20.3 Å². The minimum atomic E-state index is -0.122. The molecule has 0 radical (unpaired) electrons. The summed E-state index contributed by atoms with van der Waals surface area (Å²) in [4.78, 5) is 11.2. The zero-order valence-electron chi connectivity index (χ0n) is 11.0. The molecular formula is C14H21NO3. The van der Waals surface area contributed by atoms with E-state index in [1.165, 1.54) is 5.56 Å². The van der Waals surface area contributed by atoms with Gasteiger partial charge < -0.3 is 15.2 Å². The Bertz CT molecular complexity index is 391. The Morgan fingerprint density at radius 1 is 1.44 bits per heavy atom. The molecule has 1 aromatic rings. The van der Waals surface area contributed by atoms with Crippen molar-refractivity contribution in [1.29, 1.82) is 0 Å². The molecule has 4 heteroatoms. The standard InChI is InChI=1S/C14H21NO3/c1-3-11-4-5-13(18-2)12(10-11)6-8-15-14(17)7-9-16/h4-5,10,16H,3,6-9H2,1-2H3,(H,15,17). The van der Waals surface area contributed by atoms with Crippen LogP contribution in [-0.2, 0) is 17.6 Å². The van der Waals surface area contributed by atoms with E-state index in [1.54, 1.807) is 7.11 Å². The van der Waals surface area contributed by atoms with Crippen LogP contribution in [0.25, 0.3) is 0 Å². The number of carbonyl (C=O) groups is 1. The lowest BCUT2D eigenvalue weighted by atomic mass is 10.1. The monoisotopic (exact) mass is 251 g/mol. The first kappa shape index (κ1) is 14.5. The van der Waals surface area contributed by atoms with Gasteiger partial charge in [-0.2, -0.15) is 0 Å². The molecule has 0 aliphatic rings. The SMILES string of the molecule is CCc1ccc(OC)c(CCNC(=O)CCO)c1. The molecule has 1 amide bonds. The van der Waals surface area contributed by atoms with Crippen LogP contribution < -0.4 is 10.1 Å². The summed E-state index contributed by atoms with van der Waals surface area (Å²) in [6.07, 6.45) is 1.87. The zero-order valence-corrected chi connectivity index (χ0v) is 11.0. The minimum absolute atomic E-state index is 0.111. The number of methoxy groups -OCH3 is 1. The van der Waals surface area contributed by atoms with Crippen LogP contribution in [0.4, 0.5) is 0 Å². The third-order valence-electron chi connectivity index (χ3n) is 2.81. The number of ether oxygens (including phenoxy) is 1. The molecule has 4 nitrogen and oxygen atoms in total. The maximum absolute atomic E-state index is 11.2. The summed E-state index contributed by atoms with van der Waals surface area (Å²) in [5.41, 5.74) is 2.36. The highest BCUT2D eigenvalue weighted by atomic mass is 16.5. The third-order valence-corrected chi connectivity index (χ3v) is 2.81. The predicted molar refractivity (Wildman–Crippen MR) is 70.8 cm³/mol. The van der Waals surface area contributed by atoms with Gasteiger partial charge in [0.05, 0.1) is 13.7 Å². The first-order valence-corrected chi connectivity index (χ1v) is 6.24. The van der Waals surface area contributed by atoms with Crippen LogP contribution in [-0.4, -0.2) is 31.3 Å². The summed E-state index contributed by atoms with van der Waals surface area (Å²) in [5.74, 6) is 0.728. The molecule has 0 saturated heterocycles. The highest BCUT2D eigenvalue weighted by Crippen LogP contribution is 2.20. The molecule has 1 aromatic carbocycles. The van der Waals surface area contributed by atoms with Crippen LogP contribution in [0.1, 0.15) is 24.5 Å². The summed E-state index contributed by atoms with van der Waals surface area (Å²) in [5, 5.41) is 11.4. The number of nitrogens with one attached hydrogen (secondary N) is 1. The highest BCUT2D eigenvalue weighted by molar-refractivity contribution is 5.75. The van der Waals surface area contributed by atoms with E-state index in [4.69, 9.17) is 9.84 Å². The highest BCUT2D eigenvalue weighted by Gasteiger charge is 2.05. The average molecular weight is 251 g/mol. The molecule has 0 atom stereocenters. The van der Waals surface area contributed by atoms with Crippen LogP contribution in [0.5, 0.6) is 5.75 Å². The number of benzene rings is 1. The lowest BCUT2D eigenvalue weighted by Crippen LogP contribution is -2.26. The molecule has 0 aliphatic carbocycles. The largest absolute Gasteiger partial charge is 0.496 e. The van der Waals surface area contributed by atoms with Crippen molar-refractivity contribution in [3.05, 3.63) is 29.3 Å². The summed E-state index contributed by atoms with van der Waals surface area (Å²) >= 11 is 0. The van der Waals surface area contributed by atoms with Gasteiger partial charge in [0.1, 0.15) is 5.75 Å². The normalized spacial score (nSPS) is 10.2. The second-order valence-electron chi connectivity index (χ2n) is 4.07. The molecule has 0 heterocycles. The van der Waals surface area contributed by atoms with Gasteiger partial charge in [-0.1, -0.05) is 19.1 Å². The molecule has 0 saturated carbocycles. The molecule has 0 unspecified atom stereocenters. The molecule has 0 spiro atoms. The maximum Gasteiger partial charge on any atom is 0.222 e. The number of carbonyl (C=O) groups excluding carboxylic acids is 1. The second kappa shape index (κ2) is 7.71. The van der Waals surface area contributed by atoms with E-state index in [-0.39, 0.29) is 18.9 Å². The fourth-order valence-corrected chi connectivity index (χ4v) is 1.77. The molecule has 2 N–H and O–H groups in total. The van der Waals surface area contributed by atoms with Crippen molar-refractivity contribution in [1.82, 2.24) is 5.32 Å². The molecule has 18 heavy (non-hydrogen) atoms. The number of hydrogen-bond acceptors (Lipinski definition) is 3. The van der Waals surface area contributed by atoms with Gasteiger partial charge in [0.25, 0.3) is 0 Å². The van der Waals surface area contributed by atoms with Gasteiger partial charge in [-0.05, 0) is 30.0 Å². The van der Waals surface area contributed by atoms with Crippen molar-refractivity contribution in [3.8, 4) is 5.75 Å². The Labute approximate surface area is 108 Å². The van der Waals surface area contributed by atoms with Crippen molar-refractivity contribution in [2.45, 2.75) is 26.2 Å². The minimum Gasteiger partial charge on any atom is -0.496 e. The number of aryl methyl sites for hydroxylation is 1. The van der Waals surface area contributed by atoms with Gasteiger partial charge >= 0.3 is 0 Å². The van der Waals surface area contributed by atoms with Crippen molar-refractivity contribution in [3.63, 3.8) is 0 Å². The molecule has 0 aromatic heterocycles. The first-order valence-electron chi connectivity index (χ1n) is 6.24. The van der Waals surface area contributed by atoms with Crippen molar-refractivity contribution < 1.29 is 14.6 Å². The smallest absolute Gasteiger partial charge is 0.222 e. The summed E-state index contributed by atoms with van der Waals surface area (Å²) < 4.78 is 5.30. The van der Waals surface area contributed by atoms with E-state index in [1.807, 2.05) is 12.1 Å². The number of amides is 1. The molecule has 100 valence electrons. The van der Waals surface area contributed by atoms with E-state index in [9.17, 15) is 4.79 Å². The first-order chi connectivity index (χ1) is 8.71. The van der Waals surface area contributed by atoms with Crippen LogP contribution in [0.15, 0.2) is 18.2 Å². The predicted octanol–water partition coefficient (Wildman–Crippen LogP) is 1.30. The van der Waals surface area contributed by atoms with E-state index >= 15 is 0 Å². The number of aliphatic hydroxyl groups is 1. The van der Waals surface area contributed by atoms with Gasteiger partial charge in [-0.15, -0.1) is 0 Å². The Balaban J connectivity index is 2.57. The Morgan fingerprint density at radius 3 is 2.83 bits per heavy atom. The molecule has 0 aliphatic heterocycles. The van der Waals surface area contributed by atoms with Gasteiger partial charge in [0, 0.05) is 13.0 Å². The topological polar surface area (TPSA) is 58.6 Å². The number of hydrogen-bond donors (Lipinski definition) is 2. The quantitative estimate of drug-likeness (QED) is 0.768. The average Bonchev–Trinajstić information content (AvgIpc) is 2.39. The lowest BCUT2D eigenvalue weighted by Gasteiger charge is -2.10. The van der Waals surface area contributed by atoms with Crippen molar-refractivity contribution in [2.24, 2.45) is 0 Å². The molecule has 1 rings (SSSR count). The van der Waals surface area contributed by atoms with Gasteiger partial charge in [0.2, 0.25) is 5.91 Å². The Hall–Kier alpha value is -1.55. The molecular weight excluding hydrogens is 230 g/mol. The maximum atomic E-state index is 11.2. The number of aliphatic hydroxyl groups excluding tert-OH is 1.